The predicted molar refractivity (Wildman–Crippen MR) is 81.4 cm³/mol. The maximum Gasteiger partial charge on any atom is 0.0960 e. The van der Waals surface area contributed by atoms with Crippen molar-refractivity contribution in [2.45, 2.75) is 44.4 Å². The largest absolute Gasteiger partial charge is 0.498 e. The van der Waals surface area contributed by atoms with Crippen molar-refractivity contribution in [1.29, 1.82) is 0 Å². The first-order chi connectivity index (χ1) is 9.82. The molecule has 0 amide bonds. The van der Waals surface area contributed by atoms with Gasteiger partial charge >= 0.3 is 0 Å². The van der Waals surface area contributed by atoms with Crippen molar-refractivity contribution in [2.24, 2.45) is 17.8 Å². The number of hydrogen-bond donors (Lipinski definition) is 0. The van der Waals surface area contributed by atoms with Crippen LogP contribution in [-0.4, -0.2) is 6.61 Å². The molecule has 3 aliphatic rings. The van der Waals surface area contributed by atoms with Crippen LogP contribution in [0.5, 0.6) is 0 Å². The second-order valence-corrected chi connectivity index (χ2v) is 6.89. The quantitative estimate of drug-likeness (QED) is 0.756. The van der Waals surface area contributed by atoms with E-state index in [1.54, 1.807) is 0 Å². The SMILES string of the molecule is C[C@@H]1[C@H]2COC(C3CCCCC3)=C[C@@]12c1ccccc1. The van der Waals surface area contributed by atoms with Gasteiger partial charge in [0.25, 0.3) is 0 Å². The lowest BCUT2D eigenvalue weighted by Crippen LogP contribution is -2.22. The molecule has 1 aliphatic heterocycles. The van der Waals surface area contributed by atoms with Crippen molar-refractivity contribution in [3.8, 4) is 0 Å². The van der Waals surface area contributed by atoms with E-state index >= 15 is 0 Å². The molecule has 2 fully saturated rings. The van der Waals surface area contributed by atoms with E-state index in [1.165, 1.54) is 43.4 Å². The number of allylic oxidation sites excluding steroid dienone is 2. The number of fused-ring (bicyclic) bond motifs is 1. The summed E-state index contributed by atoms with van der Waals surface area (Å²) in [7, 11) is 0. The fraction of sp³-hybridized carbons (Fsp3) is 0.579. The third-order valence-electron chi connectivity index (χ3n) is 5.95. The van der Waals surface area contributed by atoms with Gasteiger partial charge in [-0.1, -0.05) is 56.5 Å². The van der Waals surface area contributed by atoms with Gasteiger partial charge in [0.05, 0.1) is 12.4 Å². The maximum absolute atomic E-state index is 6.15. The molecule has 0 aromatic heterocycles. The van der Waals surface area contributed by atoms with Crippen LogP contribution < -0.4 is 0 Å². The Labute approximate surface area is 122 Å². The molecule has 1 heteroatoms. The molecule has 1 aromatic rings. The summed E-state index contributed by atoms with van der Waals surface area (Å²) < 4.78 is 6.15. The van der Waals surface area contributed by atoms with Gasteiger partial charge in [-0.25, -0.2) is 0 Å². The van der Waals surface area contributed by atoms with Gasteiger partial charge in [0, 0.05) is 17.3 Å². The third kappa shape index (κ3) is 1.75. The summed E-state index contributed by atoms with van der Waals surface area (Å²) in [6.07, 6.45) is 9.33. The average Bonchev–Trinajstić information content (AvgIpc) is 3.15. The Kier molecular flexibility index (Phi) is 2.90. The molecule has 0 radical (unpaired) electrons. The van der Waals surface area contributed by atoms with E-state index in [2.05, 4.69) is 43.3 Å². The van der Waals surface area contributed by atoms with Crippen LogP contribution in [0.1, 0.15) is 44.6 Å². The lowest BCUT2D eigenvalue weighted by Gasteiger charge is -2.29. The summed E-state index contributed by atoms with van der Waals surface area (Å²) >= 11 is 0. The average molecular weight is 268 g/mol. The molecule has 0 bridgehead atoms. The van der Waals surface area contributed by atoms with Crippen molar-refractivity contribution < 1.29 is 4.74 Å². The number of rotatable bonds is 2. The van der Waals surface area contributed by atoms with Crippen molar-refractivity contribution in [3.05, 3.63) is 47.7 Å². The minimum atomic E-state index is 0.284. The zero-order chi connectivity index (χ0) is 13.6. The third-order valence-corrected chi connectivity index (χ3v) is 5.95. The summed E-state index contributed by atoms with van der Waals surface area (Å²) in [5, 5.41) is 0. The van der Waals surface area contributed by atoms with E-state index in [9.17, 15) is 0 Å². The number of hydrogen-bond acceptors (Lipinski definition) is 1. The Morgan fingerprint density at radius 3 is 2.55 bits per heavy atom. The van der Waals surface area contributed by atoms with E-state index in [0.717, 1.165) is 12.5 Å². The van der Waals surface area contributed by atoms with Gasteiger partial charge in [0.15, 0.2) is 0 Å². The molecule has 1 nitrogen and oxygen atoms in total. The van der Waals surface area contributed by atoms with Crippen LogP contribution in [0, 0.1) is 17.8 Å². The van der Waals surface area contributed by atoms with Crippen LogP contribution in [0.25, 0.3) is 0 Å². The molecule has 2 saturated carbocycles. The Morgan fingerprint density at radius 2 is 1.80 bits per heavy atom. The van der Waals surface area contributed by atoms with Crippen LogP contribution in [-0.2, 0) is 10.2 Å². The summed E-state index contributed by atoms with van der Waals surface area (Å²) in [5.41, 5.74) is 1.78. The van der Waals surface area contributed by atoms with Crippen LogP contribution >= 0.6 is 0 Å². The first kappa shape index (κ1) is 12.5. The lowest BCUT2D eigenvalue weighted by molar-refractivity contribution is 0.132. The van der Waals surface area contributed by atoms with Crippen molar-refractivity contribution in [1.82, 2.24) is 0 Å². The molecule has 1 heterocycles. The Balaban J connectivity index is 1.68. The predicted octanol–water partition coefficient (Wildman–Crippen LogP) is 4.68. The highest BCUT2D eigenvalue weighted by Crippen LogP contribution is 2.63. The van der Waals surface area contributed by atoms with Gasteiger partial charge in [-0.3, -0.25) is 0 Å². The summed E-state index contributed by atoms with van der Waals surface area (Å²) in [5.74, 6) is 3.43. The highest BCUT2D eigenvalue weighted by Gasteiger charge is 2.63. The number of ether oxygens (including phenoxy) is 1. The summed E-state index contributed by atoms with van der Waals surface area (Å²) in [4.78, 5) is 0. The van der Waals surface area contributed by atoms with Crippen LogP contribution in [0.15, 0.2) is 42.2 Å². The fourth-order valence-corrected chi connectivity index (χ4v) is 4.57. The van der Waals surface area contributed by atoms with E-state index in [-0.39, 0.29) is 5.41 Å². The fourth-order valence-electron chi connectivity index (χ4n) is 4.57. The lowest BCUT2D eigenvalue weighted by atomic mass is 9.83. The summed E-state index contributed by atoms with van der Waals surface area (Å²) in [6, 6.07) is 11.1. The van der Waals surface area contributed by atoms with Gasteiger partial charge < -0.3 is 4.74 Å². The molecule has 106 valence electrons. The first-order valence-corrected chi connectivity index (χ1v) is 8.23. The second kappa shape index (κ2) is 4.65. The molecule has 2 aliphatic carbocycles. The molecule has 0 unspecified atom stereocenters. The molecule has 0 saturated heterocycles. The topological polar surface area (TPSA) is 9.23 Å². The van der Waals surface area contributed by atoms with Crippen molar-refractivity contribution in [3.63, 3.8) is 0 Å². The molecule has 0 spiro atoms. The van der Waals surface area contributed by atoms with E-state index in [4.69, 9.17) is 4.74 Å². The Bertz CT molecular complexity index is 512. The standard InChI is InChI=1S/C19H24O/c1-14-17-13-20-18(15-8-4-2-5-9-15)12-19(14,17)16-10-6-3-7-11-16/h3,6-7,10-12,14-15,17H,2,4-5,8-9,13H2,1H3/t14-,17-,19+/m1/s1. The maximum atomic E-state index is 6.15. The van der Waals surface area contributed by atoms with Gasteiger partial charge in [-0.15, -0.1) is 0 Å². The Hall–Kier alpha value is -1.24. The molecule has 4 rings (SSSR count). The van der Waals surface area contributed by atoms with E-state index < -0.39 is 0 Å². The molecular weight excluding hydrogens is 244 g/mol. The summed E-state index contributed by atoms with van der Waals surface area (Å²) in [6.45, 7) is 3.32. The van der Waals surface area contributed by atoms with Gasteiger partial charge in [-0.2, -0.15) is 0 Å². The highest BCUT2D eigenvalue weighted by atomic mass is 16.5. The highest BCUT2D eigenvalue weighted by molar-refractivity contribution is 5.44. The minimum absolute atomic E-state index is 0.284. The van der Waals surface area contributed by atoms with E-state index in [1.807, 2.05) is 0 Å². The Morgan fingerprint density at radius 1 is 1.05 bits per heavy atom. The van der Waals surface area contributed by atoms with Crippen LogP contribution in [0.3, 0.4) is 0 Å². The molecular formula is C19H24O. The zero-order valence-electron chi connectivity index (χ0n) is 12.3. The normalized spacial score (nSPS) is 36.8. The van der Waals surface area contributed by atoms with Crippen molar-refractivity contribution >= 4 is 0 Å². The smallest absolute Gasteiger partial charge is 0.0960 e. The van der Waals surface area contributed by atoms with Crippen LogP contribution in [0.2, 0.25) is 0 Å². The molecule has 20 heavy (non-hydrogen) atoms. The molecule has 3 atom stereocenters. The molecule has 1 aromatic carbocycles. The van der Waals surface area contributed by atoms with Crippen molar-refractivity contribution in [2.75, 3.05) is 6.61 Å². The molecule has 0 N–H and O–H groups in total. The zero-order valence-corrected chi connectivity index (χ0v) is 12.3. The van der Waals surface area contributed by atoms with E-state index in [0.29, 0.717) is 11.8 Å². The van der Waals surface area contributed by atoms with Gasteiger partial charge in [-0.05, 0) is 30.4 Å². The number of benzene rings is 1. The first-order valence-electron chi connectivity index (χ1n) is 8.23. The van der Waals surface area contributed by atoms with Gasteiger partial charge in [0.1, 0.15) is 0 Å². The van der Waals surface area contributed by atoms with Crippen LogP contribution in [0.4, 0.5) is 0 Å². The monoisotopic (exact) mass is 268 g/mol. The van der Waals surface area contributed by atoms with Gasteiger partial charge in [0.2, 0.25) is 0 Å². The minimum Gasteiger partial charge on any atom is -0.498 e. The second-order valence-electron chi connectivity index (χ2n) is 6.89.